The van der Waals surface area contributed by atoms with Crippen LogP contribution in [0, 0.1) is 3.57 Å². The molecular weight excluding hydrogens is 359 g/mol. The second kappa shape index (κ2) is 6.42. The minimum atomic E-state index is 0.772. The molecule has 2 aromatic rings. The zero-order valence-corrected chi connectivity index (χ0v) is 13.4. The molecule has 0 atom stereocenters. The third-order valence-corrected chi connectivity index (χ3v) is 4.35. The third-order valence-electron chi connectivity index (χ3n) is 2.45. The second-order valence-corrected chi connectivity index (χ2v) is 5.77. The summed E-state index contributed by atoms with van der Waals surface area (Å²) in [6, 6.07) is 0. The van der Waals surface area contributed by atoms with Crippen LogP contribution in [0.4, 0.5) is 5.82 Å². The number of thiazole rings is 1. The third kappa shape index (κ3) is 2.97. The first-order chi connectivity index (χ1) is 8.76. The summed E-state index contributed by atoms with van der Waals surface area (Å²) >= 11 is 3.88. The van der Waals surface area contributed by atoms with E-state index in [1.807, 2.05) is 6.20 Å². The normalized spacial score (nSPS) is 10.6. The first-order valence-electron chi connectivity index (χ1n) is 5.95. The molecule has 96 valence electrons. The Kier molecular flexibility index (Phi) is 4.87. The number of aryl methyl sites for hydroxylation is 1. The van der Waals surface area contributed by atoms with Crippen LogP contribution in [-0.2, 0) is 6.42 Å². The van der Waals surface area contributed by atoms with E-state index < -0.39 is 0 Å². The van der Waals surface area contributed by atoms with Crippen molar-refractivity contribution in [3.63, 3.8) is 0 Å². The van der Waals surface area contributed by atoms with E-state index in [1.165, 1.54) is 0 Å². The molecule has 2 rings (SSSR count). The SMILES string of the molecule is CCCNc1nc(-c2cncs2)nc(CC)c1I. The number of rotatable bonds is 5. The van der Waals surface area contributed by atoms with Crippen molar-refractivity contribution in [2.75, 3.05) is 11.9 Å². The van der Waals surface area contributed by atoms with E-state index in [-0.39, 0.29) is 0 Å². The van der Waals surface area contributed by atoms with Gasteiger partial charge in [0, 0.05) is 12.7 Å². The molecule has 18 heavy (non-hydrogen) atoms. The van der Waals surface area contributed by atoms with Crippen LogP contribution in [0.15, 0.2) is 11.7 Å². The lowest BCUT2D eigenvalue weighted by Crippen LogP contribution is -2.08. The molecule has 0 saturated heterocycles. The number of hydrogen-bond donors (Lipinski definition) is 1. The molecule has 2 aromatic heterocycles. The molecule has 0 amide bonds. The van der Waals surface area contributed by atoms with Crippen LogP contribution in [0.25, 0.3) is 10.7 Å². The lowest BCUT2D eigenvalue weighted by atomic mass is 10.3. The van der Waals surface area contributed by atoms with E-state index in [2.05, 4.69) is 56.7 Å². The van der Waals surface area contributed by atoms with E-state index in [0.717, 1.165) is 45.2 Å². The minimum absolute atomic E-state index is 0.772. The van der Waals surface area contributed by atoms with Crippen LogP contribution >= 0.6 is 33.9 Å². The Bertz CT molecular complexity index is 513. The van der Waals surface area contributed by atoms with Gasteiger partial charge in [-0.1, -0.05) is 13.8 Å². The molecule has 0 aliphatic rings. The van der Waals surface area contributed by atoms with E-state index >= 15 is 0 Å². The summed E-state index contributed by atoms with van der Waals surface area (Å²) in [6.45, 7) is 5.19. The number of nitrogens with one attached hydrogen (secondary N) is 1. The molecule has 0 aliphatic heterocycles. The predicted octanol–water partition coefficient (Wildman–Crippen LogP) is 3.59. The molecule has 0 unspecified atom stereocenters. The van der Waals surface area contributed by atoms with Gasteiger partial charge in [0.2, 0.25) is 0 Å². The Morgan fingerprint density at radius 2 is 2.17 bits per heavy atom. The molecular formula is C12H15IN4S. The van der Waals surface area contributed by atoms with Crippen LogP contribution in [0.5, 0.6) is 0 Å². The lowest BCUT2D eigenvalue weighted by Gasteiger charge is -2.11. The Morgan fingerprint density at radius 3 is 2.78 bits per heavy atom. The van der Waals surface area contributed by atoms with Crippen molar-refractivity contribution in [3.8, 4) is 10.7 Å². The maximum absolute atomic E-state index is 4.61. The zero-order valence-electron chi connectivity index (χ0n) is 10.4. The van der Waals surface area contributed by atoms with E-state index in [4.69, 9.17) is 0 Å². The molecule has 2 heterocycles. The Hall–Kier alpha value is -0.760. The van der Waals surface area contributed by atoms with Crippen LogP contribution < -0.4 is 5.32 Å². The van der Waals surface area contributed by atoms with Gasteiger partial charge >= 0.3 is 0 Å². The highest BCUT2D eigenvalue weighted by Crippen LogP contribution is 2.26. The summed E-state index contributed by atoms with van der Waals surface area (Å²) in [5, 5.41) is 3.37. The molecule has 0 aromatic carbocycles. The zero-order chi connectivity index (χ0) is 13.0. The molecule has 0 bridgehead atoms. The van der Waals surface area contributed by atoms with E-state index in [1.54, 1.807) is 16.8 Å². The first-order valence-corrected chi connectivity index (χ1v) is 7.91. The second-order valence-electron chi connectivity index (χ2n) is 3.80. The van der Waals surface area contributed by atoms with Crippen molar-refractivity contribution < 1.29 is 0 Å². The smallest absolute Gasteiger partial charge is 0.173 e. The van der Waals surface area contributed by atoms with Gasteiger partial charge in [-0.2, -0.15) is 0 Å². The number of nitrogens with zero attached hydrogens (tertiary/aromatic N) is 3. The standard InChI is InChI=1S/C12H15IN4S/c1-3-5-15-12-10(13)8(4-2)16-11(17-12)9-6-14-7-18-9/h6-7H,3-5H2,1-2H3,(H,15,16,17). The van der Waals surface area contributed by atoms with Gasteiger partial charge in [0.15, 0.2) is 5.82 Å². The highest BCUT2D eigenvalue weighted by molar-refractivity contribution is 14.1. The fraction of sp³-hybridized carbons (Fsp3) is 0.417. The average Bonchev–Trinajstić information content (AvgIpc) is 2.91. The van der Waals surface area contributed by atoms with Gasteiger partial charge in [-0.3, -0.25) is 4.98 Å². The molecule has 6 heteroatoms. The number of halogens is 1. The summed E-state index contributed by atoms with van der Waals surface area (Å²) in [5.41, 5.74) is 2.90. The van der Waals surface area contributed by atoms with Gasteiger partial charge < -0.3 is 5.32 Å². The minimum Gasteiger partial charge on any atom is -0.369 e. The van der Waals surface area contributed by atoms with Crippen molar-refractivity contribution in [2.45, 2.75) is 26.7 Å². The fourth-order valence-electron chi connectivity index (χ4n) is 1.52. The van der Waals surface area contributed by atoms with E-state index in [0.29, 0.717) is 0 Å². The summed E-state index contributed by atoms with van der Waals surface area (Å²) in [5.74, 6) is 1.71. The maximum Gasteiger partial charge on any atom is 0.173 e. The topological polar surface area (TPSA) is 50.7 Å². The van der Waals surface area contributed by atoms with Gasteiger partial charge in [0.05, 0.1) is 19.7 Å². The fourth-order valence-corrected chi connectivity index (χ4v) is 2.89. The number of anilines is 1. The quantitative estimate of drug-likeness (QED) is 0.813. The van der Waals surface area contributed by atoms with Crippen molar-refractivity contribution in [1.29, 1.82) is 0 Å². The average molecular weight is 374 g/mol. The Morgan fingerprint density at radius 1 is 1.33 bits per heavy atom. The molecule has 0 spiro atoms. The van der Waals surface area contributed by atoms with Crippen molar-refractivity contribution in [3.05, 3.63) is 21.0 Å². The summed E-state index contributed by atoms with van der Waals surface area (Å²) < 4.78 is 1.12. The molecule has 0 aliphatic carbocycles. The summed E-state index contributed by atoms with van der Waals surface area (Å²) in [7, 11) is 0. The van der Waals surface area contributed by atoms with Gasteiger partial charge in [-0.15, -0.1) is 11.3 Å². The first kappa shape index (κ1) is 13.7. The number of hydrogen-bond acceptors (Lipinski definition) is 5. The lowest BCUT2D eigenvalue weighted by molar-refractivity contribution is 0.944. The van der Waals surface area contributed by atoms with Gasteiger partial charge in [-0.05, 0) is 35.4 Å². The summed E-state index contributed by atoms with van der Waals surface area (Å²) in [6.07, 6.45) is 3.81. The number of aromatic nitrogens is 3. The molecule has 0 saturated carbocycles. The van der Waals surface area contributed by atoms with Crippen molar-refractivity contribution in [1.82, 2.24) is 15.0 Å². The maximum atomic E-state index is 4.61. The highest BCUT2D eigenvalue weighted by Gasteiger charge is 2.12. The molecule has 1 N–H and O–H groups in total. The van der Waals surface area contributed by atoms with Crippen molar-refractivity contribution >= 4 is 39.7 Å². The predicted molar refractivity (Wildman–Crippen MR) is 84.0 cm³/mol. The molecule has 4 nitrogen and oxygen atoms in total. The van der Waals surface area contributed by atoms with Crippen LogP contribution in [-0.4, -0.2) is 21.5 Å². The van der Waals surface area contributed by atoms with Crippen LogP contribution in [0.2, 0.25) is 0 Å². The highest BCUT2D eigenvalue weighted by atomic mass is 127. The molecule has 0 fully saturated rings. The monoisotopic (exact) mass is 374 g/mol. The van der Waals surface area contributed by atoms with Crippen LogP contribution in [0.3, 0.4) is 0 Å². The van der Waals surface area contributed by atoms with Gasteiger partial charge in [0.1, 0.15) is 5.82 Å². The van der Waals surface area contributed by atoms with Gasteiger partial charge in [0.25, 0.3) is 0 Å². The Balaban J connectivity index is 2.42. The largest absolute Gasteiger partial charge is 0.369 e. The van der Waals surface area contributed by atoms with Crippen molar-refractivity contribution in [2.24, 2.45) is 0 Å². The van der Waals surface area contributed by atoms with Gasteiger partial charge in [-0.25, -0.2) is 9.97 Å². The summed E-state index contributed by atoms with van der Waals surface area (Å²) in [4.78, 5) is 14.3. The molecule has 0 radical (unpaired) electrons. The van der Waals surface area contributed by atoms with Crippen LogP contribution in [0.1, 0.15) is 26.0 Å². The van der Waals surface area contributed by atoms with E-state index in [9.17, 15) is 0 Å². The Labute approximate surface area is 124 Å².